The normalized spacial score (nSPS) is 14.5. The minimum absolute atomic E-state index is 1.24. The molecule has 4 aromatic carbocycles. The molecule has 0 atom stereocenters. The minimum Gasteiger partial charge on any atom is -0.0616 e. The first-order valence-corrected chi connectivity index (χ1v) is 8.26. The molecule has 0 unspecified atom stereocenters. The van der Waals surface area contributed by atoms with E-state index in [1.165, 1.54) is 58.0 Å². The molecule has 0 N–H and O–H groups in total. The van der Waals surface area contributed by atoms with Crippen LogP contribution in [0.4, 0.5) is 0 Å². The maximum atomic E-state index is 2.44. The third-order valence-corrected chi connectivity index (χ3v) is 5.21. The predicted octanol–water partition coefficient (Wildman–Crippen LogP) is 6.03. The highest BCUT2D eigenvalue weighted by atomic mass is 14.2. The van der Waals surface area contributed by atoms with Gasteiger partial charge in [0.25, 0.3) is 0 Å². The Morgan fingerprint density at radius 2 is 1.32 bits per heavy atom. The molecular formula is C22H18. The lowest BCUT2D eigenvalue weighted by molar-refractivity contribution is 0.690. The van der Waals surface area contributed by atoms with Crippen LogP contribution >= 0.6 is 0 Å². The Kier molecular flexibility index (Phi) is 2.54. The van der Waals surface area contributed by atoms with E-state index in [-0.39, 0.29) is 0 Å². The monoisotopic (exact) mass is 282 g/mol. The second kappa shape index (κ2) is 4.58. The first kappa shape index (κ1) is 12.2. The molecule has 0 nitrogen and oxygen atoms in total. The SMILES string of the molecule is c1ccc2c(c1)ccc1cc3ccc4c(c3cc12)CCCC4. The van der Waals surface area contributed by atoms with Crippen LogP contribution in [0.25, 0.3) is 32.3 Å². The van der Waals surface area contributed by atoms with Crippen LogP contribution in [-0.4, -0.2) is 0 Å². The largest absolute Gasteiger partial charge is 0.0616 e. The summed E-state index contributed by atoms with van der Waals surface area (Å²) >= 11 is 0. The fourth-order valence-corrected chi connectivity index (χ4v) is 4.08. The molecule has 0 saturated heterocycles. The second-order valence-electron chi connectivity index (χ2n) is 6.49. The summed E-state index contributed by atoms with van der Waals surface area (Å²) in [4.78, 5) is 0. The van der Waals surface area contributed by atoms with E-state index in [0.717, 1.165) is 0 Å². The Morgan fingerprint density at radius 3 is 2.32 bits per heavy atom. The molecule has 0 fully saturated rings. The first-order valence-electron chi connectivity index (χ1n) is 8.26. The van der Waals surface area contributed by atoms with Crippen molar-refractivity contribution in [2.45, 2.75) is 25.7 Å². The molecule has 0 bridgehead atoms. The summed E-state index contributed by atoms with van der Waals surface area (Å²) in [7, 11) is 0. The highest BCUT2D eigenvalue weighted by molar-refractivity contribution is 6.12. The molecule has 0 heterocycles. The van der Waals surface area contributed by atoms with Crippen LogP contribution in [-0.2, 0) is 12.8 Å². The van der Waals surface area contributed by atoms with Crippen molar-refractivity contribution in [1.29, 1.82) is 0 Å². The van der Waals surface area contributed by atoms with E-state index in [1.54, 1.807) is 11.1 Å². The van der Waals surface area contributed by atoms with Crippen molar-refractivity contribution in [2.75, 3.05) is 0 Å². The Balaban J connectivity index is 1.95. The summed E-state index contributed by atoms with van der Waals surface area (Å²) in [5.74, 6) is 0. The number of benzene rings is 4. The van der Waals surface area contributed by atoms with E-state index in [9.17, 15) is 0 Å². The third-order valence-electron chi connectivity index (χ3n) is 5.21. The van der Waals surface area contributed by atoms with Gasteiger partial charge in [0.05, 0.1) is 0 Å². The van der Waals surface area contributed by atoms with Gasteiger partial charge in [-0.3, -0.25) is 0 Å². The van der Waals surface area contributed by atoms with Crippen molar-refractivity contribution in [3.63, 3.8) is 0 Å². The van der Waals surface area contributed by atoms with Crippen LogP contribution in [0.5, 0.6) is 0 Å². The Hall–Kier alpha value is -2.34. The number of fused-ring (bicyclic) bond motifs is 6. The molecule has 0 aromatic heterocycles. The van der Waals surface area contributed by atoms with Gasteiger partial charge in [0.1, 0.15) is 0 Å². The van der Waals surface area contributed by atoms with E-state index in [4.69, 9.17) is 0 Å². The van der Waals surface area contributed by atoms with Crippen LogP contribution in [0.3, 0.4) is 0 Å². The fourth-order valence-electron chi connectivity index (χ4n) is 4.08. The molecule has 0 saturated carbocycles. The van der Waals surface area contributed by atoms with Crippen molar-refractivity contribution < 1.29 is 0 Å². The van der Waals surface area contributed by atoms with Crippen molar-refractivity contribution in [2.24, 2.45) is 0 Å². The van der Waals surface area contributed by atoms with Crippen LogP contribution in [0.2, 0.25) is 0 Å². The summed E-state index contributed by atoms with van der Waals surface area (Å²) in [5.41, 5.74) is 3.16. The number of aryl methyl sites for hydroxylation is 2. The summed E-state index contributed by atoms with van der Waals surface area (Å²) < 4.78 is 0. The number of rotatable bonds is 0. The van der Waals surface area contributed by atoms with Crippen LogP contribution in [0.15, 0.2) is 60.7 Å². The van der Waals surface area contributed by atoms with Gasteiger partial charge in [-0.1, -0.05) is 48.5 Å². The average molecular weight is 282 g/mol. The van der Waals surface area contributed by atoms with Gasteiger partial charge in [-0.25, -0.2) is 0 Å². The van der Waals surface area contributed by atoms with E-state index >= 15 is 0 Å². The Labute approximate surface area is 130 Å². The zero-order valence-electron chi connectivity index (χ0n) is 12.6. The van der Waals surface area contributed by atoms with Crippen molar-refractivity contribution in [3.05, 3.63) is 71.8 Å². The van der Waals surface area contributed by atoms with E-state index in [2.05, 4.69) is 60.7 Å². The van der Waals surface area contributed by atoms with Gasteiger partial charge in [0, 0.05) is 0 Å². The fraction of sp³-hybridized carbons (Fsp3) is 0.182. The molecule has 5 rings (SSSR count). The smallest absolute Gasteiger partial charge is 0.00989 e. The summed E-state index contributed by atoms with van der Waals surface area (Å²) in [5, 5.41) is 8.31. The zero-order valence-corrected chi connectivity index (χ0v) is 12.6. The molecule has 0 aliphatic heterocycles. The van der Waals surface area contributed by atoms with Gasteiger partial charge in [0.15, 0.2) is 0 Å². The van der Waals surface area contributed by atoms with Gasteiger partial charge < -0.3 is 0 Å². The van der Waals surface area contributed by atoms with Gasteiger partial charge >= 0.3 is 0 Å². The third kappa shape index (κ3) is 1.70. The number of hydrogen-bond donors (Lipinski definition) is 0. The molecule has 0 heteroatoms. The maximum Gasteiger partial charge on any atom is -0.00989 e. The first-order chi connectivity index (χ1) is 10.9. The summed E-state index contributed by atoms with van der Waals surface area (Å²) in [6, 6.07) is 22.7. The average Bonchev–Trinajstić information content (AvgIpc) is 2.60. The lowest BCUT2D eigenvalue weighted by Crippen LogP contribution is -2.02. The zero-order chi connectivity index (χ0) is 14.5. The molecule has 106 valence electrons. The van der Waals surface area contributed by atoms with Crippen molar-refractivity contribution >= 4 is 32.3 Å². The van der Waals surface area contributed by atoms with Gasteiger partial charge in [0.2, 0.25) is 0 Å². The Morgan fingerprint density at radius 1 is 0.545 bits per heavy atom. The van der Waals surface area contributed by atoms with Crippen molar-refractivity contribution in [3.8, 4) is 0 Å². The molecule has 0 spiro atoms. The molecule has 4 aromatic rings. The molecule has 1 aliphatic rings. The van der Waals surface area contributed by atoms with Gasteiger partial charge in [-0.05, 0) is 81.3 Å². The topological polar surface area (TPSA) is 0 Å². The lowest BCUT2D eigenvalue weighted by Gasteiger charge is -2.18. The van der Waals surface area contributed by atoms with E-state index in [1.807, 2.05) is 0 Å². The second-order valence-corrected chi connectivity index (χ2v) is 6.49. The maximum absolute atomic E-state index is 2.44. The standard InChI is InChI=1S/C22H18/c1-3-7-19-15(5-1)9-11-17-13-18-12-10-16-6-2-4-8-20(16)22(18)14-21(17)19/h1,3,5,7,9-14H,2,4,6,8H2. The van der Waals surface area contributed by atoms with E-state index < -0.39 is 0 Å². The Bertz CT molecular complexity index is 1020. The van der Waals surface area contributed by atoms with E-state index in [0.29, 0.717) is 0 Å². The van der Waals surface area contributed by atoms with Crippen LogP contribution < -0.4 is 0 Å². The quantitative estimate of drug-likeness (QED) is 0.273. The molecule has 0 radical (unpaired) electrons. The summed E-state index contributed by atoms with van der Waals surface area (Å²) in [6.45, 7) is 0. The molecule has 1 aliphatic carbocycles. The molecular weight excluding hydrogens is 264 g/mol. The lowest BCUT2D eigenvalue weighted by atomic mass is 9.86. The van der Waals surface area contributed by atoms with Gasteiger partial charge in [-0.15, -0.1) is 0 Å². The van der Waals surface area contributed by atoms with Crippen molar-refractivity contribution in [1.82, 2.24) is 0 Å². The summed E-state index contributed by atoms with van der Waals surface area (Å²) in [6.07, 6.45) is 5.16. The highest BCUT2D eigenvalue weighted by Gasteiger charge is 2.13. The number of hydrogen-bond acceptors (Lipinski definition) is 0. The molecule has 0 amide bonds. The molecule has 22 heavy (non-hydrogen) atoms. The van der Waals surface area contributed by atoms with Gasteiger partial charge in [-0.2, -0.15) is 0 Å². The van der Waals surface area contributed by atoms with Crippen LogP contribution in [0.1, 0.15) is 24.0 Å². The highest BCUT2D eigenvalue weighted by Crippen LogP contribution is 2.34. The van der Waals surface area contributed by atoms with Crippen LogP contribution in [0, 0.1) is 0 Å². The predicted molar refractivity (Wildman–Crippen MR) is 95.6 cm³/mol. The minimum atomic E-state index is 1.24.